The lowest BCUT2D eigenvalue weighted by Crippen LogP contribution is -2.37. The van der Waals surface area contributed by atoms with E-state index in [1.54, 1.807) is 0 Å². The fourth-order valence-electron chi connectivity index (χ4n) is 2.54. The van der Waals surface area contributed by atoms with Crippen LogP contribution in [-0.4, -0.2) is 48.3 Å². The van der Waals surface area contributed by atoms with Gasteiger partial charge in [0.1, 0.15) is 0 Å². The van der Waals surface area contributed by atoms with Crippen molar-refractivity contribution in [2.75, 3.05) is 26.2 Å². The van der Waals surface area contributed by atoms with E-state index in [2.05, 4.69) is 24.1 Å². The van der Waals surface area contributed by atoms with Gasteiger partial charge < -0.3 is 15.3 Å². The van der Waals surface area contributed by atoms with Crippen molar-refractivity contribution in [1.29, 1.82) is 0 Å². The van der Waals surface area contributed by atoms with Crippen molar-refractivity contribution >= 4 is 0 Å². The number of rotatable bonds is 6. The SMILES string of the molecule is CCCN1CCCC(NC(C)CCO)CC1. The van der Waals surface area contributed by atoms with Crippen LogP contribution in [0.5, 0.6) is 0 Å². The van der Waals surface area contributed by atoms with Crippen LogP contribution in [0.15, 0.2) is 0 Å². The molecular formula is C13H28N2O. The Morgan fingerprint density at radius 3 is 2.88 bits per heavy atom. The minimum Gasteiger partial charge on any atom is -0.396 e. The quantitative estimate of drug-likeness (QED) is 0.725. The van der Waals surface area contributed by atoms with Crippen LogP contribution in [0.4, 0.5) is 0 Å². The molecule has 3 heteroatoms. The van der Waals surface area contributed by atoms with Gasteiger partial charge in [-0.25, -0.2) is 0 Å². The van der Waals surface area contributed by atoms with Crippen molar-refractivity contribution in [3.63, 3.8) is 0 Å². The smallest absolute Gasteiger partial charge is 0.0445 e. The minimum absolute atomic E-state index is 0.294. The standard InChI is InChI=1S/C13H28N2O/c1-3-8-15-9-4-5-13(6-10-15)14-12(2)7-11-16/h12-14,16H,3-11H2,1-2H3. The lowest BCUT2D eigenvalue weighted by Gasteiger charge is -2.22. The average molecular weight is 228 g/mol. The van der Waals surface area contributed by atoms with Gasteiger partial charge in [-0.05, 0) is 58.7 Å². The Kier molecular flexibility index (Phi) is 7.01. The molecule has 16 heavy (non-hydrogen) atoms. The third-order valence-corrected chi connectivity index (χ3v) is 3.44. The summed E-state index contributed by atoms with van der Waals surface area (Å²) in [7, 11) is 0. The highest BCUT2D eigenvalue weighted by molar-refractivity contribution is 4.77. The van der Waals surface area contributed by atoms with Crippen molar-refractivity contribution in [2.45, 2.75) is 58.0 Å². The normalized spacial score (nSPS) is 25.3. The summed E-state index contributed by atoms with van der Waals surface area (Å²) in [6.07, 6.45) is 5.99. The second kappa shape index (κ2) is 8.04. The Balaban J connectivity index is 2.24. The van der Waals surface area contributed by atoms with Crippen molar-refractivity contribution in [1.82, 2.24) is 10.2 Å². The Hall–Kier alpha value is -0.120. The number of nitrogens with zero attached hydrogens (tertiary/aromatic N) is 1. The maximum absolute atomic E-state index is 8.89. The summed E-state index contributed by atoms with van der Waals surface area (Å²) in [5.41, 5.74) is 0. The van der Waals surface area contributed by atoms with Crippen LogP contribution in [0.25, 0.3) is 0 Å². The van der Waals surface area contributed by atoms with Gasteiger partial charge in [-0.3, -0.25) is 0 Å². The molecule has 1 aliphatic heterocycles. The summed E-state index contributed by atoms with van der Waals surface area (Å²) in [6, 6.07) is 1.11. The molecule has 0 saturated carbocycles. The summed E-state index contributed by atoms with van der Waals surface area (Å²) in [5.74, 6) is 0. The predicted octanol–water partition coefficient (Wildman–Crippen LogP) is 1.61. The first-order chi connectivity index (χ1) is 7.76. The molecule has 2 unspecified atom stereocenters. The Morgan fingerprint density at radius 1 is 1.38 bits per heavy atom. The first-order valence-corrected chi connectivity index (χ1v) is 6.85. The maximum Gasteiger partial charge on any atom is 0.0445 e. The number of likely N-dealkylation sites (tertiary alicyclic amines) is 1. The second-order valence-electron chi connectivity index (χ2n) is 5.05. The topological polar surface area (TPSA) is 35.5 Å². The van der Waals surface area contributed by atoms with Gasteiger partial charge >= 0.3 is 0 Å². The summed E-state index contributed by atoms with van der Waals surface area (Å²) >= 11 is 0. The predicted molar refractivity (Wildman–Crippen MR) is 68.7 cm³/mol. The van der Waals surface area contributed by atoms with E-state index in [1.165, 1.54) is 45.3 Å². The largest absolute Gasteiger partial charge is 0.396 e. The highest BCUT2D eigenvalue weighted by Gasteiger charge is 2.17. The lowest BCUT2D eigenvalue weighted by atomic mass is 10.1. The number of aliphatic hydroxyl groups excluding tert-OH is 1. The van der Waals surface area contributed by atoms with Crippen LogP contribution in [0.1, 0.15) is 46.0 Å². The van der Waals surface area contributed by atoms with Crippen LogP contribution in [0.2, 0.25) is 0 Å². The molecule has 1 saturated heterocycles. The van der Waals surface area contributed by atoms with E-state index in [4.69, 9.17) is 5.11 Å². The van der Waals surface area contributed by atoms with Gasteiger partial charge in [0.2, 0.25) is 0 Å². The monoisotopic (exact) mass is 228 g/mol. The molecule has 2 N–H and O–H groups in total. The Labute approximate surface area is 100 Å². The molecule has 1 fully saturated rings. The fourth-order valence-corrected chi connectivity index (χ4v) is 2.54. The van der Waals surface area contributed by atoms with Crippen molar-refractivity contribution in [3.8, 4) is 0 Å². The average Bonchev–Trinajstić information content (AvgIpc) is 2.45. The molecule has 0 radical (unpaired) electrons. The fraction of sp³-hybridized carbons (Fsp3) is 1.00. The third kappa shape index (κ3) is 5.28. The van der Waals surface area contributed by atoms with Gasteiger partial charge in [0.05, 0.1) is 0 Å². The van der Waals surface area contributed by atoms with Crippen molar-refractivity contribution in [2.24, 2.45) is 0 Å². The zero-order chi connectivity index (χ0) is 11.8. The number of hydrogen-bond donors (Lipinski definition) is 2. The van der Waals surface area contributed by atoms with Crippen molar-refractivity contribution < 1.29 is 5.11 Å². The Bertz CT molecular complexity index is 175. The van der Waals surface area contributed by atoms with Crippen LogP contribution in [0.3, 0.4) is 0 Å². The van der Waals surface area contributed by atoms with E-state index in [-0.39, 0.29) is 0 Å². The molecule has 0 aromatic heterocycles. The number of hydrogen-bond acceptors (Lipinski definition) is 3. The van der Waals surface area contributed by atoms with Gasteiger partial charge in [0, 0.05) is 18.7 Å². The number of nitrogens with one attached hydrogen (secondary N) is 1. The van der Waals surface area contributed by atoms with E-state index in [9.17, 15) is 0 Å². The minimum atomic E-state index is 0.294. The molecule has 0 aromatic rings. The van der Waals surface area contributed by atoms with Crippen LogP contribution >= 0.6 is 0 Å². The highest BCUT2D eigenvalue weighted by atomic mass is 16.3. The van der Waals surface area contributed by atoms with Gasteiger partial charge in [0.15, 0.2) is 0 Å². The molecule has 0 aromatic carbocycles. The molecule has 0 amide bonds. The maximum atomic E-state index is 8.89. The second-order valence-corrected chi connectivity index (χ2v) is 5.05. The first-order valence-electron chi connectivity index (χ1n) is 6.85. The molecule has 0 aliphatic carbocycles. The molecule has 2 atom stereocenters. The van der Waals surface area contributed by atoms with E-state index in [1.807, 2.05) is 0 Å². The van der Waals surface area contributed by atoms with Gasteiger partial charge in [-0.15, -0.1) is 0 Å². The molecule has 1 rings (SSSR count). The van der Waals surface area contributed by atoms with Crippen molar-refractivity contribution in [3.05, 3.63) is 0 Å². The lowest BCUT2D eigenvalue weighted by molar-refractivity contribution is 0.257. The summed E-state index contributed by atoms with van der Waals surface area (Å²) < 4.78 is 0. The third-order valence-electron chi connectivity index (χ3n) is 3.44. The molecule has 1 heterocycles. The molecule has 3 nitrogen and oxygen atoms in total. The van der Waals surface area contributed by atoms with Gasteiger partial charge in [0.25, 0.3) is 0 Å². The molecule has 1 aliphatic rings. The highest BCUT2D eigenvalue weighted by Crippen LogP contribution is 2.12. The van der Waals surface area contributed by atoms with E-state index < -0.39 is 0 Å². The van der Waals surface area contributed by atoms with Crippen LogP contribution < -0.4 is 5.32 Å². The molecule has 0 bridgehead atoms. The van der Waals surface area contributed by atoms with E-state index in [0.29, 0.717) is 18.7 Å². The molecule has 96 valence electrons. The van der Waals surface area contributed by atoms with E-state index in [0.717, 1.165) is 6.42 Å². The Morgan fingerprint density at radius 2 is 2.19 bits per heavy atom. The molecular weight excluding hydrogens is 200 g/mol. The van der Waals surface area contributed by atoms with E-state index >= 15 is 0 Å². The molecule has 0 spiro atoms. The summed E-state index contributed by atoms with van der Waals surface area (Å²) in [5, 5.41) is 12.5. The zero-order valence-corrected chi connectivity index (χ0v) is 10.9. The zero-order valence-electron chi connectivity index (χ0n) is 10.9. The van der Waals surface area contributed by atoms with Crippen LogP contribution in [0, 0.1) is 0 Å². The first kappa shape index (κ1) is 13.9. The summed E-state index contributed by atoms with van der Waals surface area (Å²) in [6.45, 7) is 8.47. The number of aliphatic hydroxyl groups is 1. The summed E-state index contributed by atoms with van der Waals surface area (Å²) in [4.78, 5) is 2.58. The van der Waals surface area contributed by atoms with Crippen LogP contribution in [-0.2, 0) is 0 Å². The van der Waals surface area contributed by atoms with Gasteiger partial charge in [-0.2, -0.15) is 0 Å². The van der Waals surface area contributed by atoms with Gasteiger partial charge in [-0.1, -0.05) is 6.92 Å².